The van der Waals surface area contributed by atoms with E-state index in [0.717, 1.165) is 0 Å². The van der Waals surface area contributed by atoms with E-state index in [9.17, 15) is 9.59 Å². The number of anilines is 1. The Labute approximate surface area is 81.1 Å². The van der Waals surface area contributed by atoms with E-state index in [-0.39, 0.29) is 12.3 Å². The predicted molar refractivity (Wildman–Crippen MR) is 50.8 cm³/mol. The molecule has 76 valence electrons. The molecule has 0 saturated carbocycles. The van der Waals surface area contributed by atoms with Crippen molar-refractivity contribution >= 4 is 17.6 Å². The van der Waals surface area contributed by atoms with E-state index in [4.69, 9.17) is 5.11 Å². The number of aromatic amines is 1. The van der Waals surface area contributed by atoms with Crippen LogP contribution in [0.5, 0.6) is 0 Å². The van der Waals surface area contributed by atoms with Crippen molar-refractivity contribution in [2.75, 3.05) is 5.32 Å². The van der Waals surface area contributed by atoms with Crippen molar-refractivity contribution in [2.45, 2.75) is 13.3 Å². The predicted octanol–water partition coefficient (Wildman–Crippen LogP) is 1.06. The van der Waals surface area contributed by atoms with Gasteiger partial charge in [0.2, 0.25) is 5.91 Å². The van der Waals surface area contributed by atoms with Gasteiger partial charge in [0, 0.05) is 18.8 Å². The molecule has 1 aromatic rings. The molecule has 1 heterocycles. The molecule has 0 aromatic carbocycles. The second-order valence-electron chi connectivity index (χ2n) is 3.09. The van der Waals surface area contributed by atoms with Crippen LogP contribution in [0.25, 0.3) is 0 Å². The van der Waals surface area contributed by atoms with Gasteiger partial charge < -0.3 is 15.4 Å². The van der Waals surface area contributed by atoms with E-state index >= 15 is 0 Å². The van der Waals surface area contributed by atoms with E-state index in [1.54, 1.807) is 18.5 Å². The molecule has 0 aliphatic carbocycles. The normalized spacial score (nSPS) is 12.1. The Hall–Kier alpha value is -1.78. The number of carbonyl (C=O) groups is 2. The number of H-pyrrole nitrogens is 1. The highest BCUT2D eigenvalue weighted by Crippen LogP contribution is 2.07. The lowest BCUT2D eigenvalue weighted by Gasteiger charge is -2.05. The number of carbonyl (C=O) groups excluding carboxylic acids is 1. The van der Waals surface area contributed by atoms with Gasteiger partial charge in [0.1, 0.15) is 0 Å². The molecule has 1 atom stereocenters. The van der Waals surface area contributed by atoms with Crippen molar-refractivity contribution in [1.82, 2.24) is 4.98 Å². The van der Waals surface area contributed by atoms with E-state index < -0.39 is 11.9 Å². The molecule has 3 N–H and O–H groups in total. The SMILES string of the molecule is CC(CC(=O)Nc1cc[nH]c1)C(=O)O. The molecule has 5 heteroatoms. The number of nitrogens with one attached hydrogen (secondary N) is 2. The second kappa shape index (κ2) is 4.45. The Kier molecular flexibility index (Phi) is 3.28. The Morgan fingerprint density at radius 3 is 2.86 bits per heavy atom. The zero-order valence-corrected chi connectivity index (χ0v) is 7.78. The van der Waals surface area contributed by atoms with Crippen molar-refractivity contribution in [2.24, 2.45) is 5.92 Å². The molecule has 0 aliphatic rings. The van der Waals surface area contributed by atoms with Gasteiger partial charge in [0.05, 0.1) is 11.6 Å². The molecule has 1 rings (SSSR count). The molecule has 0 aliphatic heterocycles. The first-order valence-corrected chi connectivity index (χ1v) is 4.25. The van der Waals surface area contributed by atoms with E-state index in [0.29, 0.717) is 5.69 Å². The van der Waals surface area contributed by atoms with Gasteiger partial charge in [-0.25, -0.2) is 0 Å². The topological polar surface area (TPSA) is 82.2 Å². The van der Waals surface area contributed by atoms with Gasteiger partial charge >= 0.3 is 5.97 Å². The highest BCUT2D eigenvalue weighted by Gasteiger charge is 2.15. The van der Waals surface area contributed by atoms with Gasteiger partial charge in [-0.05, 0) is 6.07 Å². The molecular weight excluding hydrogens is 184 g/mol. The molecule has 1 amide bonds. The van der Waals surface area contributed by atoms with Crippen molar-refractivity contribution in [3.8, 4) is 0 Å². The summed E-state index contributed by atoms with van der Waals surface area (Å²) in [6.07, 6.45) is 3.29. The van der Waals surface area contributed by atoms with Crippen LogP contribution in [-0.2, 0) is 9.59 Å². The third-order valence-electron chi connectivity index (χ3n) is 1.79. The fourth-order valence-corrected chi connectivity index (χ4v) is 0.979. The van der Waals surface area contributed by atoms with Crippen molar-refractivity contribution in [3.05, 3.63) is 18.5 Å². The average Bonchev–Trinajstić information content (AvgIpc) is 2.56. The lowest BCUT2D eigenvalue weighted by Crippen LogP contribution is -2.19. The lowest BCUT2D eigenvalue weighted by molar-refractivity contribution is -0.142. The number of amides is 1. The average molecular weight is 196 g/mol. The first-order valence-electron chi connectivity index (χ1n) is 4.25. The number of carboxylic acids is 1. The van der Waals surface area contributed by atoms with Gasteiger partial charge in [-0.1, -0.05) is 6.92 Å². The first-order chi connectivity index (χ1) is 6.59. The fraction of sp³-hybridized carbons (Fsp3) is 0.333. The number of hydrogen-bond acceptors (Lipinski definition) is 2. The highest BCUT2D eigenvalue weighted by atomic mass is 16.4. The maximum absolute atomic E-state index is 11.2. The molecule has 0 radical (unpaired) electrons. The van der Waals surface area contributed by atoms with Crippen LogP contribution >= 0.6 is 0 Å². The Morgan fingerprint density at radius 2 is 2.36 bits per heavy atom. The molecule has 0 bridgehead atoms. The Bertz CT molecular complexity index is 319. The molecule has 0 fully saturated rings. The van der Waals surface area contributed by atoms with Crippen molar-refractivity contribution in [3.63, 3.8) is 0 Å². The maximum Gasteiger partial charge on any atom is 0.306 e. The second-order valence-corrected chi connectivity index (χ2v) is 3.09. The minimum atomic E-state index is -0.964. The zero-order chi connectivity index (χ0) is 10.6. The highest BCUT2D eigenvalue weighted by molar-refractivity contribution is 5.92. The van der Waals surface area contributed by atoms with Crippen LogP contribution < -0.4 is 5.32 Å². The van der Waals surface area contributed by atoms with Crippen LogP contribution in [0.1, 0.15) is 13.3 Å². The molecule has 1 aromatic heterocycles. The number of hydrogen-bond donors (Lipinski definition) is 3. The monoisotopic (exact) mass is 196 g/mol. The third-order valence-corrected chi connectivity index (χ3v) is 1.79. The summed E-state index contributed by atoms with van der Waals surface area (Å²) in [7, 11) is 0. The van der Waals surface area contributed by atoms with Crippen molar-refractivity contribution < 1.29 is 14.7 Å². The summed E-state index contributed by atoms with van der Waals surface area (Å²) < 4.78 is 0. The summed E-state index contributed by atoms with van der Waals surface area (Å²) >= 11 is 0. The third kappa shape index (κ3) is 2.93. The standard InChI is InChI=1S/C9H12N2O3/c1-6(9(13)14)4-8(12)11-7-2-3-10-5-7/h2-3,5-6,10H,4H2,1H3,(H,11,12)(H,13,14). The van der Waals surface area contributed by atoms with Crippen LogP contribution in [0.15, 0.2) is 18.5 Å². The molecule has 1 unspecified atom stereocenters. The summed E-state index contributed by atoms with van der Waals surface area (Å²) in [6, 6.07) is 1.70. The number of carboxylic acid groups (broad SMARTS) is 1. The van der Waals surface area contributed by atoms with E-state index in [1.807, 2.05) is 0 Å². The Morgan fingerprint density at radius 1 is 1.64 bits per heavy atom. The number of rotatable bonds is 4. The fourth-order valence-electron chi connectivity index (χ4n) is 0.979. The molecular formula is C9H12N2O3. The van der Waals surface area contributed by atoms with Crippen LogP contribution in [-0.4, -0.2) is 22.0 Å². The molecule has 0 spiro atoms. The zero-order valence-electron chi connectivity index (χ0n) is 7.78. The van der Waals surface area contributed by atoms with Gasteiger partial charge in [-0.15, -0.1) is 0 Å². The van der Waals surface area contributed by atoms with Gasteiger partial charge in [-0.2, -0.15) is 0 Å². The summed E-state index contributed by atoms with van der Waals surface area (Å²) in [5.74, 6) is -1.91. The van der Waals surface area contributed by atoms with Gasteiger partial charge in [0.15, 0.2) is 0 Å². The summed E-state index contributed by atoms with van der Waals surface area (Å²) in [5, 5.41) is 11.1. The largest absolute Gasteiger partial charge is 0.481 e. The first kappa shape index (κ1) is 10.3. The van der Waals surface area contributed by atoms with E-state index in [1.165, 1.54) is 6.92 Å². The maximum atomic E-state index is 11.2. The molecule has 5 nitrogen and oxygen atoms in total. The van der Waals surface area contributed by atoms with Crippen LogP contribution in [0.3, 0.4) is 0 Å². The van der Waals surface area contributed by atoms with Crippen LogP contribution in [0, 0.1) is 5.92 Å². The lowest BCUT2D eigenvalue weighted by atomic mass is 10.1. The van der Waals surface area contributed by atoms with Crippen LogP contribution in [0.2, 0.25) is 0 Å². The molecule has 14 heavy (non-hydrogen) atoms. The van der Waals surface area contributed by atoms with Gasteiger partial charge in [-0.3, -0.25) is 9.59 Å². The number of aromatic nitrogens is 1. The summed E-state index contributed by atoms with van der Waals surface area (Å²) in [6.45, 7) is 1.50. The van der Waals surface area contributed by atoms with E-state index in [2.05, 4.69) is 10.3 Å². The van der Waals surface area contributed by atoms with Crippen LogP contribution in [0.4, 0.5) is 5.69 Å². The number of aliphatic carboxylic acids is 1. The summed E-state index contributed by atoms with van der Waals surface area (Å²) in [4.78, 5) is 24.5. The smallest absolute Gasteiger partial charge is 0.306 e. The quantitative estimate of drug-likeness (QED) is 0.673. The summed E-state index contributed by atoms with van der Waals surface area (Å²) in [5.41, 5.74) is 0.646. The minimum Gasteiger partial charge on any atom is -0.481 e. The Balaban J connectivity index is 2.40. The molecule has 0 saturated heterocycles. The van der Waals surface area contributed by atoms with Crippen molar-refractivity contribution in [1.29, 1.82) is 0 Å². The minimum absolute atomic E-state index is 0.0134. The van der Waals surface area contributed by atoms with Gasteiger partial charge in [0.25, 0.3) is 0 Å².